The summed E-state index contributed by atoms with van der Waals surface area (Å²) in [7, 11) is 1.54. The van der Waals surface area contributed by atoms with Crippen molar-refractivity contribution < 1.29 is 23.7 Å². The third-order valence-electron chi connectivity index (χ3n) is 3.69. The number of benzene rings is 2. The van der Waals surface area contributed by atoms with E-state index >= 15 is 0 Å². The van der Waals surface area contributed by atoms with Gasteiger partial charge in [-0.15, -0.1) is 0 Å². The van der Waals surface area contributed by atoms with Gasteiger partial charge in [0.2, 0.25) is 0 Å². The van der Waals surface area contributed by atoms with Crippen molar-refractivity contribution in [3.63, 3.8) is 0 Å². The van der Waals surface area contributed by atoms with Gasteiger partial charge in [-0.25, -0.2) is 9.18 Å². The van der Waals surface area contributed by atoms with E-state index in [9.17, 15) is 14.4 Å². The number of nitrogens with one attached hydrogen (secondary N) is 3. The highest BCUT2D eigenvalue weighted by Crippen LogP contribution is 2.22. The number of anilines is 3. The molecule has 0 bridgehead atoms. The van der Waals surface area contributed by atoms with Crippen molar-refractivity contribution in [3.8, 4) is 5.75 Å². The first-order valence-electron chi connectivity index (χ1n) is 8.11. The molecule has 0 unspecified atom stereocenters. The van der Waals surface area contributed by atoms with Crippen LogP contribution in [-0.2, 0) is 0 Å². The molecule has 0 saturated carbocycles. The van der Waals surface area contributed by atoms with Crippen LogP contribution in [0.25, 0.3) is 0 Å². The molecule has 0 atom stereocenters. The van der Waals surface area contributed by atoms with Crippen LogP contribution in [0.15, 0.2) is 58.4 Å². The highest BCUT2D eigenvalue weighted by molar-refractivity contribution is 6.31. The zero-order chi connectivity index (χ0) is 20.8. The number of amides is 2. The molecule has 0 spiro atoms. The van der Waals surface area contributed by atoms with Crippen LogP contribution in [0.3, 0.4) is 0 Å². The summed E-state index contributed by atoms with van der Waals surface area (Å²) in [5.74, 6) is -0.0639. The Balaban J connectivity index is 1.71. The Bertz CT molecular complexity index is 1040. The van der Waals surface area contributed by atoms with Crippen molar-refractivity contribution in [2.75, 3.05) is 23.1 Å². The minimum absolute atomic E-state index is 0.00970. The Hall–Kier alpha value is -3.79. The van der Waals surface area contributed by atoms with E-state index < -0.39 is 11.8 Å². The van der Waals surface area contributed by atoms with Crippen LogP contribution in [0, 0.1) is 5.82 Å². The van der Waals surface area contributed by atoms with Crippen molar-refractivity contribution in [1.29, 1.82) is 0 Å². The quantitative estimate of drug-likeness (QED) is 0.211. The molecule has 2 amide bonds. The lowest BCUT2D eigenvalue weighted by atomic mass is 10.2. The number of urea groups is 1. The van der Waals surface area contributed by atoms with Crippen LogP contribution < -0.4 is 20.7 Å². The number of aromatic nitrogens is 1. The largest absolute Gasteiger partial charge is 0.497 e. The first-order valence-corrected chi connectivity index (χ1v) is 8.49. The fraction of sp³-hybridized carbons (Fsp3) is 0.0556. The summed E-state index contributed by atoms with van der Waals surface area (Å²) in [5.41, 5.74) is 1.01. The Morgan fingerprint density at radius 2 is 1.90 bits per heavy atom. The number of oxime groups is 1. The van der Waals surface area contributed by atoms with Crippen LogP contribution in [0.2, 0.25) is 5.02 Å². The van der Waals surface area contributed by atoms with Crippen LogP contribution in [0.5, 0.6) is 5.75 Å². The predicted molar refractivity (Wildman–Crippen MR) is 105 cm³/mol. The number of rotatable bonds is 5. The summed E-state index contributed by atoms with van der Waals surface area (Å²) in [6.45, 7) is 0. The fourth-order valence-electron chi connectivity index (χ4n) is 2.30. The molecule has 0 aliphatic heterocycles. The minimum Gasteiger partial charge on any atom is -0.497 e. The molecule has 1 heterocycles. The number of ether oxygens (including phenoxy) is 1. The van der Waals surface area contributed by atoms with Crippen molar-refractivity contribution in [3.05, 3.63) is 65.1 Å². The number of nitrogens with zero attached hydrogens (tertiary/aromatic N) is 2. The topological polar surface area (TPSA) is 121 Å². The Labute approximate surface area is 169 Å². The summed E-state index contributed by atoms with van der Waals surface area (Å²) >= 11 is 5.74. The summed E-state index contributed by atoms with van der Waals surface area (Å²) < 4.78 is 23.2. The summed E-state index contributed by atoms with van der Waals surface area (Å²) in [4.78, 5) is 12.2. The SMILES string of the molecule is COc1ccc(NC(=O)Nc2nocc2/C(=N/O)Nc2ccc(F)c(Cl)c2)cc1. The zero-order valence-electron chi connectivity index (χ0n) is 14.9. The van der Waals surface area contributed by atoms with E-state index in [-0.39, 0.29) is 22.2 Å². The maximum Gasteiger partial charge on any atom is 0.324 e. The molecule has 29 heavy (non-hydrogen) atoms. The lowest BCUT2D eigenvalue weighted by Gasteiger charge is -2.10. The molecule has 3 rings (SSSR count). The van der Waals surface area contributed by atoms with Gasteiger partial charge in [-0.2, -0.15) is 0 Å². The van der Waals surface area contributed by atoms with Gasteiger partial charge in [0.25, 0.3) is 0 Å². The van der Waals surface area contributed by atoms with E-state index in [1.807, 2.05) is 0 Å². The van der Waals surface area contributed by atoms with E-state index in [1.165, 1.54) is 19.2 Å². The third kappa shape index (κ3) is 4.93. The summed E-state index contributed by atoms with van der Waals surface area (Å²) in [6, 6.07) is 9.92. The molecule has 9 nitrogen and oxygen atoms in total. The Morgan fingerprint density at radius 3 is 2.55 bits per heavy atom. The zero-order valence-corrected chi connectivity index (χ0v) is 15.7. The Morgan fingerprint density at radius 1 is 1.17 bits per heavy atom. The second-order valence-electron chi connectivity index (χ2n) is 5.59. The molecule has 0 radical (unpaired) electrons. The lowest BCUT2D eigenvalue weighted by Crippen LogP contribution is -2.22. The second kappa shape index (κ2) is 8.93. The normalized spacial score (nSPS) is 11.1. The molecular formula is C18H15ClFN5O4. The van der Waals surface area contributed by atoms with Crippen molar-refractivity contribution in [2.45, 2.75) is 0 Å². The number of halogens is 2. The summed E-state index contributed by atoms with van der Waals surface area (Å²) in [6.07, 6.45) is 1.16. The first-order chi connectivity index (χ1) is 14.0. The molecule has 0 fully saturated rings. The first kappa shape index (κ1) is 20.0. The van der Waals surface area contributed by atoms with Gasteiger partial charge in [0.1, 0.15) is 23.4 Å². The average molecular weight is 420 g/mol. The van der Waals surface area contributed by atoms with Gasteiger partial charge in [-0.3, -0.25) is 5.32 Å². The van der Waals surface area contributed by atoms with Gasteiger partial charge in [0.05, 0.1) is 12.1 Å². The molecule has 0 saturated heterocycles. The second-order valence-corrected chi connectivity index (χ2v) is 5.99. The molecule has 11 heteroatoms. The smallest absolute Gasteiger partial charge is 0.324 e. The fourth-order valence-corrected chi connectivity index (χ4v) is 2.48. The minimum atomic E-state index is -0.604. The molecule has 1 aromatic heterocycles. The Kier molecular flexibility index (Phi) is 6.15. The maximum absolute atomic E-state index is 13.3. The molecule has 150 valence electrons. The monoisotopic (exact) mass is 419 g/mol. The number of hydrogen-bond acceptors (Lipinski definition) is 6. The molecule has 2 aromatic carbocycles. The van der Waals surface area contributed by atoms with Gasteiger partial charge >= 0.3 is 6.03 Å². The van der Waals surface area contributed by atoms with Gasteiger partial charge in [-0.1, -0.05) is 21.9 Å². The van der Waals surface area contributed by atoms with Gasteiger partial charge in [0.15, 0.2) is 11.7 Å². The maximum atomic E-state index is 13.3. The van der Waals surface area contributed by atoms with Gasteiger partial charge in [0, 0.05) is 11.4 Å². The van der Waals surface area contributed by atoms with Crippen LogP contribution in [-0.4, -0.2) is 29.3 Å². The lowest BCUT2D eigenvalue weighted by molar-refractivity contribution is 0.262. The van der Waals surface area contributed by atoms with E-state index in [0.717, 1.165) is 12.3 Å². The third-order valence-corrected chi connectivity index (χ3v) is 3.98. The number of carbonyl (C=O) groups excluding carboxylic acids is 1. The van der Waals surface area contributed by atoms with Crippen LogP contribution in [0.4, 0.5) is 26.4 Å². The predicted octanol–water partition coefficient (Wildman–Crippen LogP) is 4.37. The molecule has 4 N–H and O–H groups in total. The average Bonchev–Trinajstić information content (AvgIpc) is 3.17. The highest BCUT2D eigenvalue weighted by Gasteiger charge is 2.18. The van der Waals surface area contributed by atoms with E-state index in [4.69, 9.17) is 20.9 Å². The van der Waals surface area contributed by atoms with Gasteiger partial charge < -0.3 is 25.1 Å². The number of amidine groups is 1. The van der Waals surface area contributed by atoms with E-state index in [0.29, 0.717) is 17.1 Å². The van der Waals surface area contributed by atoms with Crippen molar-refractivity contribution >= 4 is 40.7 Å². The molecule has 0 aliphatic carbocycles. The van der Waals surface area contributed by atoms with Gasteiger partial charge in [-0.05, 0) is 42.5 Å². The number of methoxy groups -OCH3 is 1. The standard InChI is InChI=1S/C18H15ClFN5O4/c1-28-12-5-2-10(3-6-12)22-18(26)23-17-13(9-29-25-17)16(24-27)21-11-4-7-15(20)14(19)8-11/h2-9,27H,1H3,(H,21,24)(H2,22,23,25,26). The van der Waals surface area contributed by atoms with Crippen LogP contribution >= 0.6 is 11.6 Å². The van der Waals surface area contributed by atoms with Crippen molar-refractivity contribution in [1.82, 2.24) is 5.16 Å². The molecule has 3 aromatic rings. The van der Waals surface area contributed by atoms with Crippen LogP contribution in [0.1, 0.15) is 5.56 Å². The number of hydrogen-bond donors (Lipinski definition) is 4. The summed E-state index contributed by atoms with van der Waals surface area (Å²) in [5, 5.41) is 23.9. The number of carbonyl (C=O) groups is 1. The van der Waals surface area contributed by atoms with E-state index in [2.05, 4.69) is 26.3 Å². The highest BCUT2D eigenvalue weighted by atomic mass is 35.5. The molecule has 0 aliphatic rings. The molecular weight excluding hydrogens is 405 g/mol. The van der Waals surface area contributed by atoms with Crippen molar-refractivity contribution in [2.24, 2.45) is 5.16 Å². The van der Waals surface area contributed by atoms with E-state index in [1.54, 1.807) is 24.3 Å².